The van der Waals surface area contributed by atoms with E-state index in [4.69, 9.17) is 28.3 Å². The molecule has 1 aliphatic carbocycles. The lowest BCUT2D eigenvalue weighted by Crippen LogP contribution is -2.46. The zero-order valence-corrected chi connectivity index (χ0v) is 11.1. The summed E-state index contributed by atoms with van der Waals surface area (Å²) < 4.78 is 26.4. The van der Waals surface area contributed by atoms with Crippen molar-refractivity contribution >= 4 is 33.2 Å². The summed E-state index contributed by atoms with van der Waals surface area (Å²) in [5.74, 6) is 0. The minimum atomic E-state index is -3.62. The standard InChI is InChI=1S/C10H11Cl2NO3S/c11-6-1-7(12)3-10(2-6)17(15,16)13-8-4-9(14)5-8/h1-3,8-9,13-14H,4-5H2. The molecule has 1 aliphatic rings. The molecule has 0 radical (unpaired) electrons. The van der Waals surface area contributed by atoms with E-state index in [1.54, 1.807) is 0 Å². The molecule has 4 nitrogen and oxygen atoms in total. The third-order valence-electron chi connectivity index (χ3n) is 2.58. The second kappa shape index (κ2) is 4.74. The van der Waals surface area contributed by atoms with Crippen molar-refractivity contribution in [1.29, 1.82) is 0 Å². The number of sulfonamides is 1. The molecule has 94 valence electrons. The zero-order valence-electron chi connectivity index (χ0n) is 8.73. The Bertz CT molecular complexity index is 506. The molecular formula is C10H11Cl2NO3S. The van der Waals surface area contributed by atoms with Crippen LogP contribution in [0.4, 0.5) is 0 Å². The summed E-state index contributed by atoms with van der Waals surface area (Å²) in [6.07, 6.45) is 0.465. The summed E-state index contributed by atoms with van der Waals surface area (Å²) in [4.78, 5) is 0.0383. The average molecular weight is 296 g/mol. The van der Waals surface area contributed by atoms with Gasteiger partial charge in [0.15, 0.2) is 0 Å². The number of nitrogens with one attached hydrogen (secondary N) is 1. The molecule has 0 heterocycles. The normalized spacial score (nSPS) is 24.4. The Morgan fingerprint density at radius 2 is 1.71 bits per heavy atom. The number of halogens is 2. The summed E-state index contributed by atoms with van der Waals surface area (Å²) in [6, 6.07) is 3.93. The number of hydrogen-bond acceptors (Lipinski definition) is 3. The fourth-order valence-electron chi connectivity index (χ4n) is 1.66. The van der Waals surface area contributed by atoms with Crippen LogP contribution < -0.4 is 4.72 Å². The van der Waals surface area contributed by atoms with E-state index in [0.29, 0.717) is 12.8 Å². The molecule has 7 heteroatoms. The molecular weight excluding hydrogens is 285 g/mol. The minimum absolute atomic E-state index is 0.0383. The van der Waals surface area contributed by atoms with Gasteiger partial charge in [-0.15, -0.1) is 0 Å². The fraction of sp³-hybridized carbons (Fsp3) is 0.400. The van der Waals surface area contributed by atoms with Crippen LogP contribution in [-0.4, -0.2) is 25.7 Å². The lowest BCUT2D eigenvalue weighted by Gasteiger charge is -2.31. The molecule has 0 unspecified atom stereocenters. The van der Waals surface area contributed by atoms with Crippen LogP contribution in [0.5, 0.6) is 0 Å². The van der Waals surface area contributed by atoms with Crippen LogP contribution in [0.3, 0.4) is 0 Å². The Hall–Kier alpha value is -0.330. The predicted octanol–water partition coefficient (Wildman–Crippen LogP) is 1.79. The van der Waals surface area contributed by atoms with E-state index in [9.17, 15) is 8.42 Å². The first-order valence-corrected chi connectivity index (χ1v) is 7.27. The molecule has 1 saturated carbocycles. The van der Waals surface area contributed by atoms with Gasteiger partial charge in [-0.05, 0) is 31.0 Å². The molecule has 1 aromatic carbocycles. The van der Waals surface area contributed by atoms with Crippen molar-refractivity contribution < 1.29 is 13.5 Å². The number of aliphatic hydroxyl groups is 1. The van der Waals surface area contributed by atoms with Crippen LogP contribution in [0.2, 0.25) is 10.0 Å². The fourth-order valence-corrected chi connectivity index (χ4v) is 3.64. The summed E-state index contributed by atoms with van der Waals surface area (Å²) >= 11 is 11.5. The van der Waals surface area contributed by atoms with Gasteiger partial charge in [0.1, 0.15) is 0 Å². The molecule has 2 N–H and O–H groups in total. The summed E-state index contributed by atoms with van der Waals surface area (Å²) in [7, 11) is -3.62. The van der Waals surface area contributed by atoms with Crippen molar-refractivity contribution in [3.63, 3.8) is 0 Å². The smallest absolute Gasteiger partial charge is 0.240 e. The molecule has 17 heavy (non-hydrogen) atoms. The van der Waals surface area contributed by atoms with Crippen LogP contribution in [0.15, 0.2) is 23.1 Å². The number of aliphatic hydroxyl groups excluding tert-OH is 1. The van der Waals surface area contributed by atoms with Gasteiger partial charge in [-0.25, -0.2) is 13.1 Å². The lowest BCUT2D eigenvalue weighted by molar-refractivity contribution is 0.0712. The lowest BCUT2D eigenvalue weighted by atomic mass is 9.91. The molecule has 0 saturated heterocycles. The largest absolute Gasteiger partial charge is 0.393 e. The van der Waals surface area contributed by atoms with Gasteiger partial charge >= 0.3 is 0 Å². The Morgan fingerprint density at radius 3 is 2.18 bits per heavy atom. The van der Waals surface area contributed by atoms with Crippen LogP contribution in [0.1, 0.15) is 12.8 Å². The summed E-state index contributed by atoms with van der Waals surface area (Å²) in [5, 5.41) is 9.64. The zero-order chi connectivity index (χ0) is 12.6. The highest BCUT2D eigenvalue weighted by atomic mass is 35.5. The summed E-state index contributed by atoms with van der Waals surface area (Å²) in [5.41, 5.74) is 0. The minimum Gasteiger partial charge on any atom is -0.393 e. The van der Waals surface area contributed by atoms with Crippen molar-refractivity contribution in [2.45, 2.75) is 29.9 Å². The third-order valence-corrected chi connectivity index (χ3v) is 4.52. The Balaban J connectivity index is 2.19. The maximum atomic E-state index is 11.9. The van der Waals surface area contributed by atoms with Gasteiger partial charge in [0.05, 0.1) is 11.0 Å². The van der Waals surface area contributed by atoms with Crippen molar-refractivity contribution in [2.24, 2.45) is 0 Å². The SMILES string of the molecule is O=S(=O)(NC1CC(O)C1)c1cc(Cl)cc(Cl)c1. The van der Waals surface area contributed by atoms with E-state index in [1.807, 2.05) is 0 Å². The van der Waals surface area contributed by atoms with Gasteiger partial charge in [0.2, 0.25) is 10.0 Å². The van der Waals surface area contributed by atoms with Gasteiger partial charge in [0, 0.05) is 16.1 Å². The Labute approximate surface area is 110 Å². The maximum Gasteiger partial charge on any atom is 0.240 e. The average Bonchev–Trinajstić information content (AvgIpc) is 2.13. The van der Waals surface area contributed by atoms with Gasteiger partial charge in [0.25, 0.3) is 0 Å². The second-order valence-electron chi connectivity index (χ2n) is 4.05. The first-order chi connectivity index (χ1) is 7.87. The highest BCUT2D eigenvalue weighted by Crippen LogP contribution is 2.25. The highest BCUT2D eigenvalue weighted by Gasteiger charge is 2.31. The van der Waals surface area contributed by atoms with Crippen LogP contribution in [0.25, 0.3) is 0 Å². The van der Waals surface area contributed by atoms with E-state index in [0.717, 1.165) is 0 Å². The van der Waals surface area contributed by atoms with E-state index < -0.39 is 16.1 Å². The molecule has 0 atom stereocenters. The van der Waals surface area contributed by atoms with Crippen LogP contribution >= 0.6 is 23.2 Å². The van der Waals surface area contributed by atoms with Crippen LogP contribution in [-0.2, 0) is 10.0 Å². The molecule has 1 aromatic rings. The number of rotatable bonds is 3. The van der Waals surface area contributed by atoms with Crippen molar-refractivity contribution in [3.8, 4) is 0 Å². The van der Waals surface area contributed by atoms with Gasteiger partial charge < -0.3 is 5.11 Å². The van der Waals surface area contributed by atoms with Gasteiger partial charge in [-0.3, -0.25) is 0 Å². The molecule has 0 amide bonds. The van der Waals surface area contributed by atoms with Gasteiger partial charge in [-0.1, -0.05) is 23.2 Å². The molecule has 1 fully saturated rings. The predicted molar refractivity (Wildman–Crippen MR) is 65.8 cm³/mol. The first-order valence-electron chi connectivity index (χ1n) is 5.03. The van der Waals surface area contributed by atoms with E-state index >= 15 is 0 Å². The van der Waals surface area contributed by atoms with Crippen LogP contribution in [0, 0.1) is 0 Å². The third kappa shape index (κ3) is 3.11. The molecule has 0 aliphatic heterocycles. The monoisotopic (exact) mass is 295 g/mol. The molecule has 0 bridgehead atoms. The van der Waals surface area contributed by atoms with E-state index in [1.165, 1.54) is 18.2 Å². The summed E-state index contributed by atoms with van der Waals surface area (Å²) in [6.45, 7) is 0. The van der Waals surface area contributed by atoms with Crippen molar-refractivity contribution in [2.75, 3.05) is 0 Å². The Kier molecular flexibility index (Phi) is 3.66. The highest BCUT2D eigenvalue weighted by molar-refractivity contribution is 7.89. The quantitative estimate of drug-likeness (QED) is 0.893. The van der Waals surface area contributed by atoms with Gasteiger partial charge in [-0.2, -0.15) is 0 Å². The molecule has 0 aromatic heterocycles. The second-order valence-corrected chi connectivity index (χ2v) is 6.64. The van der Waals surface area contributed by atoms with E-state index in [-0.39, 0.29) is 21.0 Å². The number of benzene rings is 1. The van der Waals surface area contributed by atoms with Crippen molar-refractivity contribution in [1.82, 2.24) is 4.72 Å². The molecule has 0 spiro atoms. The molecule has 2 rings (SSSR count). The Morgan fingerprint density at radius 1 is 1.18 bits per heavy atom. The maximum absolute atomic E-state index is 11.9. The number of hydrogen-bond donors (Lipinski definition) is 2. The topological polar surface area (TPSA) is 66.4 Å². The first kappa shape index (κ1) is 13.1. The van der Waals surface area contributed by atoms with Crippen molar-refractivity contribution in [3.05, 3.63) is 28.2 Å². The van der Waals surface area contributed by atoms with E-state index in [2.05, 4.69) is 4.72 Å².